The highest BCUT2D eigenvalue weighted by Crippen LogP contribution is 2.35. The maximum atomic E-state index is 12.3. The molecule has 2 aromatic carbocycles. The lowest BCUT2D eigenvalue weighted by Gasteiger charge is -2.17. The summed E-state index contributed by atoms with van der Waals surface area (Å²) in [5.74, 6) is 0.824. The fourth-order valence-electron chi connectivity index (χ4n) is 3.36. The zero-order valence-electron chi connectivity index (χ0n) is 18.1. The third-order valence-electron chi connectivity index (χ3n) is 4.88. The molecule has 8 heteroatoms. The molecule has 0 aliphatic carbocycles. The normalized spacial score (nSPS) is 10.5. The number of nitrogens with zero attached hydrogens (tertiary/aromatic N) is 3. The summed E-state index contributed by atoms with van der Waals surface area (Å²) in [5.41, 5.74) is 18.7. The van der Waals surface area contributed by atoms with Crippen LogP contribution in [-0.4, -0.2) is 27.2 Å². The van der Waals surface area contributed by atoms with Gasteiger partial charge in [-0.3, -0.25) is 4.79 Å². The minimum Gasteiger partial charge on any atom is -0.496 e. The molecule has 8 nitrogen and oxygen atoms in total. The van der Waals surface area contributed by atoms with E-state index >= 15 is 0 Å². The average molecular weight is 422 g/mol. The molecule has 1 amide bonds. The number of carbonyl (C=O) groups is 1. The van der Waals surface area contributed by atoms with Crippen molar-refractivity contribution in [3.05, 3.63) is 75.3 Å². The van der Waals surface area contributed by atoms with Gasteiger partial charge in [0, 0.05) is 4.91 Å². The summed E-state index contributed by atoms with van der Waals surface area (Å²) in [4.78, 5) is 14.9. The maximum Gasteiger partial charge on any atom is 0.252 e. The molecule has 0 bridgehead atoms. The van der Waals surface area contributed by atoms with Crippen LogP contribution in [0.1, 0.15) is 39.5 Å². The van der Waals surface area contributed by atoms with Gasteiger partial charge in [-0.2, -0.15) is 0 Å². The van der Waals surface area contributed by atoms with Crippen LogP contribution >= 0.6 is 0 Å². The second-order valence-electron chi connectivity index (χ2n) is 6.60. The molecule has 162 valence electrons. The van der Waals surface area contributed by atoms with Crippen LogP contribution in [0.3, 0.4) is 0 Å². The summed E-state index contributed by atoms with van der Waals surface area (Å²) < 4.78 is 16.2. The molecule has 0 aliphatic heterocycles. The van der Waals surface area contributed by atoms with E-state index in [0.29, 0.717) is 23.5 Å². The van der Waals surface area contributed by atoms with Gasteiger partial charge in [-0.15, -0.1) is 0 Å². The monoisotopic (exact) mass is 422 g/mol. The Balaban J connectivity index is 2.59. The molecule has 0 radical (unpaired) electrons. The fraction of sp³-hybridized carbons (Fsp3) is 0.261. The molecule has 2 aromatic rings. The number of hydrogen-bond acceptors (Lipinski definition) is 5. The quantitative estimate of drug-likeness (QED) is 0.350. The average Bonchev–Trinajstić information content (AvgIpc) is 2.78. The van der Waals surface area contributed by atoms with E-state index < -0.39 is 5.91 Å². The van der Waals surface area contributed by atoms with E-state index in [0.717, 1.165) is 28.7 Å². The van der Waals surface area contributed by atoms with Crippen LogP contribution in [-0.2, 0) is 12.8 Å². The Morgan fingerprint density at radius 1 is 1.06 bits per heavy atom. The predicted molar refractivity (Wildman–Crippen MR) is 121 cm³/mol. The van der Waals surface area contributed by atoms with Crippen molar-refractivity contribution in [2.45, 2.75) is 19.8 Å². The lowest BCUT2D eigenvalue weighted by Crippen LogP contribution is -2.04. The van der Waals surface area contributed by atoms with Crippen molar-refractivity contribution in [2.24, 2.45) is 10.8 Å². The van der Waals surface area contributed by atoms with Gasteiger partial charge in [-0.05, 0) is 87.9 Å². The Morgan fingerprint density at radius 2 is 1.68 bits per heavy atom. The van der Waals surface area contributed by atoms with E-state index in [4.69, 9.17) is 25.5 Å². The number of hydrogen-bond donors (Lipinski definition) is 1. The largest absolute Gasteiger partial charge is 0.496 e. The van der Waals surface area contributed by atoms with E-state index in [1.54, 1.807) is 32.4 Å². The van der Waals surface area contributed by atoms with Gasteiger partial charge < -0.3 is 19.9 Å². The Labute approximate surface area is 181 Å². The number of methoxy groups -OCH3 is 3. The number of carbonyl (C=O) groups excluding carboxylic acids is 1. The summed E-state index contributed by atoms with van der Waals surface area (Å²) in [6, 6.07) is 7.16. The smallest absolute Gasteiger partial charge is 0.252 e. The van der Waals surface area contributed by atoms with Gasteiger partial charge >= 0.3 is 0 Å². The number of ether oxygens (including phenoxy) is 3. The lowest BCUT2D eigenvalue weighted by molar-refractivity contribution is 0.0997. The lowest BCUT2D eigenvalue weighted by atomic mass is 9.90. The molecular weight excluding hydrogens is 396 g/mol. The van der Waals surface area contributed by atoms with Crippen LogP contribution in [0.15, 0.2) is 42.2 Å². The molecule has 31 heavy (non-hydrogen) atoms. The Kier molecular flexibility index (Phi) is 8.11. The summed E-state index contributed by atoms with van der Waals surface area (Å²) in [6.07, 6.45) is 4.38. The second kappa shape index (κ2) is 10.8. The standard InChI is InChI=1S/C23H26N4O4/c1-6-15-10-21(30-4)22(31-5)12-17(15)9-14(2)18-13-19(23(28)26-27-25)20(29-3)11-16(18)7-8-24/h7-8,10-13H,2,6,9,24H2,1,3-5H3/b8-7-. The topological polar surface area (TPSA) is 120 Å². The molecule has 0 unspecified atom stereocenters. The van der Waals surface area contributed by atoms with Crippen molar-refractivity contribution in [1.82, 2.24) is 0 Å². The minimum atomic E-state index is -0.739. The van der Waals surface area contributed by atoms with E-state index in [9.17, 15) is 4.79 Å². The van der Waals surface area contributed by atoms with Crippen molar-refractivity contribution in [3.63, 3.8) is 0 Å². The highest BCUT2D eigenvalue weighted by molar-refractivity contribution is 5.99. The molecule has 0 heterocycles. The third kappa shape index (κ3) is 5.18. The van der Waals surface area contributed by atoms with Crippen LogP contribution in [0, 0.1) is 0 Å². The minimum absolute atomic E-state index is 0.147. The van der Waals surface area contributed by atoms with E-state index in [1.807, 2.05) is 12.1 Å². The third-order valence-corrected chi connectivity index (χ3v) is 4.88. The number of azide groups is 1. The van der Waals surface area contributed by atoms with Gasteiger partial charge in [0.2, 0.25) is 0 Å². The molecule has 0 aliphatic rings. The second-order valence-corrected chi connectivity index (χ2v) is 6.60. The van der Waals surface area contributed by atoms with Crippen molar-refractivity contribution in [1.29, 1.82) is 0 Å². The number of amides is 1. The number of aryl methyl sites for hydroxylation is 1. The zero-order chi connectivity index (χ0) is 23.0. The molecular formula is C23H26N4O4. The van der Waals surface area contributed by atoms with Crippen LogP contribution in [0.2, 0.25) is 0 Å². The molecule has 2 rings (SSSR count). The molecule has 0 fully saturated rings. The van der Waals surface area contributed by atoms with Gasteiger partial charge in [0.1, 0.15) is 5.75 Å². The molecule has 0 atom stereocenters. The van der Waals surface area contributed by atoms with Crippen LogP contribution in [0.4, 0.5) is 0 Å². The number of rotatable bonds is 9. The first-order chi connectivity index (χ1) is 14.9. The highest BCUT2D eigenvalue weighted by Gasteiger charge is 2.18. The SMILES string of the molecule is C=C(Cc1cc(OC)c(OC)cc1CC)c1cc(C(=O)N=[N+]=[N-])c(OC)cc1/C=C\N. The first-order valence-electron chi connectivity index (χ1n) is 9.55. The summed E-state index contributed by atoms with van der Waals surface area (Å²) >= 11 is 0. The maximum absolute atomic E-state index is 12.3. The van der Waals surface area contributed by atoms with Gasteiger partial charge in [0.25, 0.3) is 5.91 Å². The Hall–Kier alpha value is -3.90. The van der Waals surface area contributed by atoms with Crippen molar-refractivity contribution in [3.8, 4) is 17.2 Å². The number of allylic oxidation sites excluding steroid dienone is 1. The molecule has 0 aromatic heterocycles. The number of benzene rings is 2. The molecule has 0 saturated heterocycles. The van der Waals surface area contributed by atoms with Crippen LogP contribution in [0.25, 0.3) is 22.1 Å². The zero-order valence-corrected chi connectivity index (χ0v) is 18.1. The highest BCUT2D eigenvalue weighted by atomic mass is 16.5. The molecule has 0 spiro atoms. The van der Waals surface area contributed by atoms with Gasteiger partial charge in [-0.25, -0.2) is 0 Å². The van der Waals surface area contributed by atoms with Crippen molar-refractivity contribution in [2.75, 3.05) is 21.3 Å². The Morgan fingerprint density at radius 3 is 2.19 bits per heavy atom. The summed E-state index contributed by atoms with van der Waals surface area (Å²) in [6.45, 7) is 6.29. The van der Waals surface area contributed by atoms with Gasteiger partial charge in [0.15, 0.2) is 11.5 Å². The number of nitrogens with two attached hydrogens (primary N) is 1. The Bertz CT molecular complexity index is 1070. The first-order valence-corrected chi connectivity index (χ1v) is 9.55. The van der Waals surface area contributed by atoms with Crippen LogP contribution in [0.5, 0.6) is 17.2 Å². The molecule has 2 N–H and O–H groups in total. The van der Waals surface area contributed by atoms with Crippen LogP contribution < -0.4 is 19.9 Å². The van der Waals surface area contributed by atoms with Crippen molar-refractivity contribution >= 4 is 17.6 Å². The predicted octanol–water partition coefficient (Wildman–Crippen LogP) is 4.91. The van der Waals surface area contributed by atoms with Crippen molar-refractivity contribution < 1.29 is 19.0 Å². The molecule has 0 saturated carbocycles. The van der Waals surface area contributed by atoms with E-state index in [1.165, 1.54) is 13.3 Å². The summed E-state index contributed by atoms with van der Waals surface area (Å²) in [5, 5.41) is 3.19. The first kappa shape index (κ1) is 23.4. The van der Waals surface area contributed by atoms with E-state index in [-0.39, 0.29) is 11.3 Å². The fourth-order valence-corrected chi connectivity index (χ4v) is 3.36. The van der Waals surface area contributed by atoms with Gasteiger partial charge in [0.05, 0.1) is 26.9 Å². The van der Waals surface area contributed by atoms with E-state index in [2.05, 4.69) is 23.5 Å². The summed E-state index contributed by atoms with van der Waals surface area (Å²) in [7, 11) is 4.62. The van der Waals surface area contributed by atoms with Gasteiger partial charge in [-0.1, -0.05) is 13.5 Å².